The van der Waals surface area contributed by atoms with Crippen LogP contribution in [0.1, 0.15) is 0 Å². The number of nitro groups is 1. The minimum Gasteiger partial charge on any atom is -0.392 e. The molecule has 0 fully saturated rings. The zero-order chi connectivity index (χ0) is 10.3. The van der Waals surface area contributed by atoms with Crippen molar-refractivity contribution < 1.29 is 4.92 Å². The van der Waals surface area contributed by atoms with E-state index >= 15 is 0 Å². The Balaban J connectivity index is 2.87. The van der Waals surface area contributed by atoms with Gasteiger partial charge in [-0.25, -0.2) is 0 Å². The Labute approximate surface area is 88.9 Å². The Morgan fingerprint density at radius 3 is 2.93 bits per heavy atom. The molecule has 0 atom stereocenters. The quantitative estimate of drug-likeness (QED) is 0.340. The third kappa shape index (κ3) is 1.23. The van der Waals surface area contributed by atoms with Crippen molar-refractivity contribution in [2.45, 2.75) is 4.90 Å². The zero-order valence-corrected chi connectivity index (χ0v) is 8.64. The molecule has 1 aromatic carbocycles. The van der Waals surface area contributed by atoms with Gasteiger partial charge in [0.1, 0.15) is 5.69 Å². The van der Waals surface area contributed by atoms with Gasteiger partial charge in [-0.2, -0.15) is 0 Å². The van der Waals surface area contributed by atoms with E-state index in [9.17, 15) is 10.1 Å². The van der Waals surface area contributed by atoms with Gasteiger partial charge in [-0.15, -0.1) is 24.0 Å². The largest absolute Gasteiger partial charge is 0.392 e. The van der Waals surface area contributed by atoms with E-state index in [1.165, 1.54) is 17.4 Å². The molecule has 0 amide bonds. The Kier molecular flexibility index (Phi) is 2.09. The average molecular weight is 226 g/mol. The van der Waals surface area contributed by atoms with Crippen LogP contribution in [0.4, 0.5) is 11.4 Å². The van der Waals surface area contributed by atoms with Crippen LogP contribution in [0.3, 0.4) is 0 Å². The second-order valence-electron chi connectivity index (χ2n) is 2.75. The molecule has 72 valence electrons. The number of hydrogen-bond donors (Lipinski definition) is 2. The van der Waals surface area contributed by atoms with E-state index in [1.54, 1.807) is 0 Å². The molecular weight excluding hydrogens is 220 g/mol. The van der Waals surface area contributed by atoms with Gasteiger partial charge >= 0.3 is 0 Å². The summed E-state index contributed by atoms with van der Waals surface area (Å²) in [5.41, 5.74) is 5.65. The lowest BCUT2D eigenvalue weighted by Crippen LogP contribution is -1.96. The molecule has 0 aliphatic heterocycles. The summed E-state index contributed by atoms with van der Waals surface area (Å²) < 4.78 is 0.830. The molecule has 2 N–H and O–H groups in total. The first-order chi connectivity index (χ1) is 6.61. The average Bonchev–Trinajstić information content (AvgIpc) is 2.58. The highest BCUT2D eigenvalue weighted by Gasteiger charge is 2.17. The van der Waals surface area contributed by atoms with Crippen molar-refractivity contribution in [3.63, 3.8) is 0 Å². The molecule has 0 saturated carbocycles. The lowest BCUT2D eigenvalue weighted by atomic mass is 10.2. The number of nitrogens with zero attached hydrogens (tertiary/aromatic N) is 1. The first kappa shape index (κ1) is 9.29. The lowest BCUT2D eigenvalue weighted by Gasteiger charge is -2.01. The molecule has 0 aliphatic rings. The summed E-state index contributed by atoms with van der Waals surface area (Å²) in [5, 5.41) is 13.4. The molecule has 4 nitrogen and oxygen atoms in total. The molecule has 14 heavy (non-hydrogen) atoms. The van der Waals surface area contributed by atoms with Crippen LogP contribution in [0, 0.1) is 10.1 Å². The van der Waals surface area contributed by atoms with Crippen molar-refractivity contribution in [1.82, 2.24) is 0 Å². The molecule has 0 spiro atoms. The maximum atomic E-state index is 10.6. The van der Waals surface area contributed by atoms with Crippen LogP contribution in [-0.2, 0) is 0 Å². The first-order valence-electron chi connectivity index (χ1n) is 3.74. The van der Waals surface area contributed by atoms with Crippen LogP contribution in [0.25, 0.3) is 10.1 Å². The number of fused-ring (bicyclic) bond motifs is 1. The summed E-state index contributed by atoms with van der Waals surface area (Å²) in [6.45, 7) is 0. The van der Waals surface area contributed by atoms with Crippen molar-refractivity contribution >= 4 is 45.4 Å². The van der Waals surface area contributed by atoms with E-state index < -0.39 is 4.92 Å². The normalized spacial score (nSPS) is 10.6. The predicted molar refractivity (Wildman–Crippen MR) is 60.1 cm³/mol. The number of nitro benzene ring substituents is 1. The van der Waals surface area contributed by atoms with Gasteiger partial charge in [-0.05, 0) is 11.4 Å². The van der Waals surface area contributed by atoms with Crippen molar-refractivity contribution in [2.24, 2.45) is 0 Å². The maximum absolute atomic E-state index is 10.6. The standard InChI is InChI=1S/C8H6N2O2S2/c9-7-5(10(11)12)3-6-4(8(7)13)1-2-14-6/h1-3,13H,9H2. The van der Waals surface area contributed by atoms with E-state index in [2.05, 4.69) is 12.6 Å². The van der Waals surface area contributed by atoms with Crippen molar-refractivity contribution in [2.75, 3.05) is 5.73 Å². The second kappa shape index (κ2) is 3.14. The van der Waals surface area contributed by atoms with E-state index in [1.807, 2.05) is 11.4 Å². The Hall–Kier alpha value is -1.27. The van der Waals surface area contributed by atoms with Gasteiger partial charge in [-0.3, -0.25) is 10.1 Å². The van der Waals surface area contributed by atoms with Gasteiger partial charge in [0.05, 0.1) is 4.92 Å². The number of benzene rings is 1. The summed E-state index contributed by atoms with van der Waals surface area (Å²) in [6, 6.07) is 3.33. The van der Waals surface area contributed by atoms with Gasteiger partial charge in [0.25, 0.3) is 5.69 Å². The number of thiophene rings is 1. The third-order valence-corrected chi connectivity index (χ3v) is 3.29. The topological polar surface area (TPSA) is 69.2 Å². The molecule has 1 heterocycles. The zero-order valence-electron chi connectivity index (χ0n) is 6.93. The molecule has 1 aromatic heterocycles. The summed E-state index contributed by atoms with van der Waals surface area (Å²) in [4.78, 5) is 10.6. The van der Waals surface area contributed by atoms with Gasteiger partial charge in [0.2, 0.25) is 0 Å². The number of hydrogen-bond acceptors (Lipinski definition) is 5. The van der Waals surface area contributed by atoms with Gasteiger partial charge < -0.3 is 5.73 Å². The summed E-state index contributed by atoms with van der Waals surface area (Å²) in [7, 11) is 0. The molecule has 2 rings (SSSR count). The Morgan fingerprint density at radius 2 is 2.29 bits per heavy atom. The van der Waals surface area contributed by atoms with E-state index in [4.69, 9.17) is 5.73 Å². The second-order valence-corrected chi connectivity index (χ2v) is 4.14. The highest BCUT2D eigenvalue weighted by Crippen LogP contribution is 2.37. The van der Waals surface area contributed by atoms with Gasteiger partial charge in [-0.1, -0.05) is 0 Å². The monoisotopic (exact) mass is 226 g/mol. The molecule has 0 bridgehead atoms. The number of nitrogens with two attached hydrogens (primary N) is 1. The number of thiol groups is 1. The summed E-state index contributed by atoms with van der Waals surface area (Å²) >= 11 is 5.60. The fourth-order valence-electron chi connectivity index (χ4n) is 1.25. The van der Waals surface area contributed by atoms with Crippen LogP contribution < -0.4 is 5.73 Å². The van der Waals surface area contributed by atoms with Gasteiger partial charge in [0.15, 0.2) is 0 Å². The fourth-order valence-corrected chi connectivity index (χ4v) is 2.46. The third-order valence-electron chi connectivity index (χ3n) is 1.95. The van der Waals surface area contributed by atoms with Crippen LogP contribution in [-0.4, -0.2) is 4.92 Å². The van der Waals surface area contributed by atoms with Crippen LogP contribution in [0.15, 0.2) is 22.4 Å². The highest BCUT2D eigenvalue weighted by molar-refractivity contribution is 7.80. The molecule has 0 saturated heterocycles. The van der Waals surface area contributed by atoms with Crippen LogP contribution >= 0.6 is 24.0 Å². The number of anilines is 1. The van der Waals surface area contributed by atoms with E-state index in [0.717, 1.165) is 10.1 Å². The Morgan fingerprint density at radius 1 is 1.57 bits per heavy atom. The van der Waals surface area contributed by atoms with E-state index in [0.29, 0.717) is 4.90 Å². The highest BCUT2D eigenvalue weighted by atomic mass is 32.1. The van der Waals surface area contributed by atoms with E-state index in [-0.39, 0.29) is 11.4 Å². The molecular formula is C8H6N2O2S2. The maximum Gasteiger partial charge on any atom is 0.294 e. The minimum absolute atomic E-state index is 0.0788. The fraction of sp³-hybridized carbons (Fsp3) is 0. The number of nitrogen functional groups attached to an aromatic ring is 1. The summed E-state index contributed by atoms with van der Waals surface area (Å²) in [5.74, 6) is 0. The molecule has 2 aromatic rings. The minimum atomic E-state index is -0.492. The SMILES string of the molecule is Nc1c([N+](=O)[O-])cc2sccc2c1S. The van der Waals surface area contributed by atoms with Crippen LogP contribution in [0.2, 0.25) is 0 Å². The number of rotatable bonds is 1. The summed E-state index contributed by atoms with van der Waals surface area (Å²) in [6.07, 6.45) is 0. The molecule has 0 radical (unpaired) electrons. The van der Waals surface area contributed by atoms with Crippen molar-refractivity contribution in [1.29, 1.82) is 0 Å². The first-order valence-corrected chi connectivity index (χ1v) is 5.07. The predicted octanol–water partition coefficient (Wildman–Crippen LogP) is 2.68. The molecule has 6 heteroatoms. The molecule has 0 aliphatic carbocycles. The van der Waals surface area contributed by atoms with Gasteiger partial charge in [0, 0.05) is 21.0 Å². The smallest absolute Gasteiger partial charge is 0.294 e. The molecule has 0 unspecified atom stereocenters. The van der Waals surface area contributed by atoms with Crippen molar-refractivity contribution in [3.8, 4) is 0 Å². The van der Waals surface area contributed by atoms with Crippen molar-refractivity contribution in [3.05, 3.63) is 27.6 Å². The Bertz CT molecular complexity index is 521. The van der Waals surface area contributed by atoms with Crippen LogP contribution in [0.5, 0.6) is 0 Å². The lowest BCUT2D eigenvalue weighted by molar-refractivity contribution is -0.383.